The van der Waals surface area contributed by atoms with E-state index in [0.29, 0.717) is 0 Å². The van der Waals surface area contributed by atoms with Gasteiger partial charge in [-0.3, -0.25) is 0 Å². The number of nitrogens with zero attached hydrogens (tertiary/aromatic N) is 5. The molecule has 0 fully saturated rings. The minimum absolute atomic E-state index is 0.122. The van der Waals surface area contributed by atoms with Crippen LogP contribution in [0.4, 0.5) is 0 Å². The van der Waals surface area contributed by atoms with Crippen LogP contribution in [-0.2, 0) is 0 Å². The van der Waals surface area contributed by atoms with Crippen molar-refractivity contribution >= 4 is 0 Å². The number of aromatic nitrogens is 1. The molecule has 1 aromatic heterocycles. The van der Waals surface area contributed by atoms with Gasteiger partial charge in [0.05, 0.1) is 11.1 Å². The van der Waals surface area contributed by atoms with E-state index < -0.39 is 0 Å². The van der Waals surface area contributed by atoms with Crippen molar-refractivity contribution < 1.29 is 0 Å². The first-order valence-corrected chi connectivity index (χ1v) is 3.34. The van der Waals surface area contributed by atoms with Crippen LogP contribution in [0.5, 0.6) is 0 Å². The number of hydrogen-bond acceptors (Lipinski definition) is 5. The van der Waals surface area contributed by atoms with Crippen LogP contribution in [0, 0.1) is 51.5 Å². The summed E-state index contributed by atoms with van der Waals surface area (Å²) in [4.78, 5) is 3.47. The Hall–Kier alpha value is -2.89. The quantitative estimate of drug-likeness (QED) is 0.570. The van der Waals surface area contributed by atoms with Crippen LogP contribution in [0.1, 0.15) is 22.4 Å². The van der Waals surface area contributed by atoms with Gasteiger partial charge in [0.1, 0.15) is 36.0 Å². The molecule has 0 atom stereocenters. The first-order chi connectivity index (χ1) is 6.78. The first kappa shape index (κ1) is 9.20. The summed E-state index contributed by atoms with van der Waals surface area (Å²) in [6.45, 7) is 0. The summed E-state index contributed by atoms with van der Waals surface area (Å²) >= 11 is 0. The van der Waals surface area contributed by atoms with Crippen molar-refractivity contribution in [1.82, 2.24) is 4.98 Å². The molecule has 61 valence electrons. The third-order valence-electron chi connectivity index (χ3n) is 1.46. The Morgan fingerprint density at radius 3 is 1.93 bits per heavy atom. The molecule has 0 aliphatic rings. The Balaban J connectivity index is 3.70. The van der Waals surface area contributed by atoms with E-state index in [1.165, 1.54) is 0 Å². The van der Waals surface area contributed by atoms with Crippen molar-refractivity contribution in [3.8, 4) is 24.3 Å². The predicted octanol–water partition coefficient (Wildman–Crippen LogP) is 0.369. The summed E-state index contributed by atoms with van der Waals surface area (Å²) < 4.78 is 0. The van der Waals surface area contributed by atoms with Gasteiger partial charge >= 0.3 is 0 Å². The molecule has 0 N–H and O–H groups in total. The standard InChI is InChI=1S/C9N5/c10-1-6-5-14-9(4-13)8(3-12)7(6)2-11. The molecule has 0 saturated heterocycles. The number of hydrogen-bond donors (Lipinski definition) is 0. The van der Waals surface area contributed by atoms with E-state index in [2.05, 4.69) is 11.2 Å². The average Bonchev–Trinajstić information content (AvgIpc) is 2.26. The molecule has 0 aliphatic carbocycles. The fraction of sp³-hybridized carbons (Fsp3) is 0. The number of rotatable bonds is 0. The zero-order valence-corrected chi connectivity index (χ0v) is 6.74. The zero-order valence-electron chi connectivity index (χ0n) is 6.74. The molecular weight excluding hydrogens is 178 g/mol. The SMILES string of the molecule is N#Cc1[c]nc(C#N)c(C#N)c1C#N. The van der Waals surface area contributed by atoms with Gasteiger partial charge in [0.25, 0.3) is 0 Å². The van der Waals surface area contributed by atoms with Crippen LogP contribution in [0.3, 0.4) is 0 Å². The highest BCUT2D eigenvalue weighted by Gasteiger charge is 2.14. The van der Waals surface area contributed by atoms with Gasteiger partial charge in [-0.2, -0.15) is 21.0 Å². The molecule has 0 unspecified atom stereocenters. The molecule has 14 heavy (non-hydrogen) atoms. The molecule has 0 saturated carbocycles. The minimum atomic E-state index is -0.192. The lowest BCUT2D eigenvalue weighted by atomic mass is 10.0. The van der Waals surface area contributed by atoms with Crippen LogP contribution in [-0.4, -0.2) is 4.98 Å². The van der Waals surface area contributed by atoms with Gasteiger partial charge in [0.2, 0.25) is 0 Å². The first-order valence-electron chi connectivity index (χ1n) is 3.34. The third-order valence-corrected chi connectivity index (χ3v) is 1.46. The summed E-state index contributed by atoms with van der Waals surface area (Å²) in [6.07, 6.45) is 2.22. The maximum atomic E-state index is 8.67. The molecule has 0 amide bonds. The molecule has 5 heteroatoms. The Kier molecular flexibility index (Phi) is 2.42. The summed E-state index contributed by atoms with van der Waals surface area (Å²) in [5.74, 6) is 0. The maximum absolute atomic E-state index is 8.67. The fourth-order valence-electron chi connectivity index (χ4n) is 0.849. The van der Waals surface area contributed by atoms with E-state index in [0.717, 1.165) is 0 Å². The van der Waals surface area contributed by atoms with Crippen LogP contribution in [0.15, 0.2) is 0 Å². The monoisotopic (exact) mass is 178 g/mol. The zero-order chi connectivity index (χ0) is 10.6. The largest absolute Gasteiger partial charge is 0.232 e. The van der Waals surface area contributed by atoms with Gasteiger partial charge in [-0.05, 0) is 0 Å². The van der Waals surface area contributed by atoms with Gasteiger partial charge in [-0.15, -0.1) is 0 Å². The van der Waals surface area contributed by atoms with Crippen LogP contribution >= 0.6 is 0 Å². The van der Waals surface area contributed by atoms with Crippen molar-refractivity contribution in [2.75, 3.05) is 0 Å². The number of nitriles is 4. The average molecular weight is 178 g/mol. The molecule has 1 heterocycles. The van der Waals surface area contributed by atoms with Gasteiger partial charge < -0.3 is 0 Å². The van der Waals surface area contributed by atoms with Crippen molar-refractivity contribution in [3.05, 3.63) is 28.6 Å². The summed E-state index contributed by atoms with van der Waals surface area (Å²) in [5, 5.41) is 34.5. The normalized spacial score (nSPS) is 7.71. The highest BCUT2D eigenvalue weighted by Crippen LogP contribution is 2.13. The Labute approximate surface area is 79.7 Å². The van der Waals surface area contributed by atoms with Crippen molar-refractivity contribution in [1.29, 1.82) is 21.0 Å². The lowest BCUT2D eigenvalue weighted by Crippen LogP contribution is -1.97. The third kappa shape index (κ3) is 1.23. The summed E-state index contributed by atoms with van der Waals surface area (Å²) in [7, 11) is 0. The Bertz CT molecular complexity index is 494. The number of pyridine rings is 1. The van der Waals surface area contributed by atoms with E-state index >= 15 is 0 Å². The van der Waals surface area contributed by atoms with E-state index in [9.17, 15) is 0 Å². The lowest BCUT2D eigenvalue weighted by molar-refractivity contribution is 1.20. The van der Waals surface area contributed by atoms with Crippen molar-refractivity contribution in [2.24, 2.45) is 0 Å². The topological polar surface area (TPSA) is 108 Å². The summed E-state index contributed by atoms with van der Waals surface area (Å²) in [5.41, 5.74) is -0.641. The van der Waals surface area contributed by atoms with Crippen molar-refractivity contribution in [3.63, 3.8) is 0 Å². The second-order valence-corrected chi connectivity index (χ2v) is 2.14. The lowest BCUT2D eigenvalue weighted by Gasteiger charge is -1.96. The van der Waals surface area contributed by atoms with Gasteiger partial charge in [0, 0.05) is 0 Å². The maximum Gasteiger partial charge on any atom is 0.160 e. The highest BCUT2D eigenvalue weighted by molar-refractivity contribution is 5.57. The Morgan fingerprint density at radius 2 is 1.50 bits per heavy atom. The van der Waals surface area contributed by atoms with E-state index in [1.54, 1.807) is 24.3 Å². The molecule has 0 bridgehead atoms. The molecule has 0 spiro atoms. The molecule has 0 aromatic carbocycles. The predicted molar refractivity (Wildman–Crippen MR) is 41.9 cm³/mol. The summed E-state index contributed by atoms with van der Waals surface area (Å²) in [6, 6.07) is 6.65. The van der Waals surface area contributed by atoms with Gasteiger partial charge in [0.15, 0.2) is 5.69 Å². The molecule has 0 aliphatic heterocycles. The smallest absolute Gasteiger partial charge is 0.160 e. The Morgan fingerprint density at radius 1 is 0.857 bits per heavy atom. The van der Waals surface area contributed by atoms with Crippen LogP contribution < -0.4 is 0 Å². The second-order valence-electron chi connectivity index (χ2n) is 2.14. The van der Waals surface area contributed by atoms with Crippen LogP contribution in [0.25, 0.3) is 0 Å². The fourth-order valence-corrected chi connectivity index (χ4v) is 0.849. The van der Waals surface area contributed by atoms with Crippen molar-refractivity contribution in [2.45, 2.75) is 0 Å². The molecule has 5 nitrogen and oxygen atoms in total. The van der Waals surface area contributed by atoms with E-state index in [-0.39, 0.29) is 22.4 Å². The minimum Gasteiger partial charge on any atom is -0.232 e. The second kappa shape index (κ2) is 3.68. The molecule has 1 aromatic rings. The van der Waals surface area contributed by atoms with E-state index in [1.807, 2.05) is 0 Å². The highest BCUT2D eigenvalue weighted by atomic mass is 14.7. The van der Waals surface area contributed by atoms with Gasteiger partial charge in [-0.25, -0.2) is 4.98 Å². The van der Waals surface area contributed by atoms with Gasteiger partial charge in [-0.1, -0.05) is 0 Å². The molecular formula is C9N5. The molecule has 1 rings (SSSR count). The van der Waals surface area contributed by atoms with E-state index in [4.69, 9.17) is 21.0 Å². The molecule has 1 radical (unpaired) electrons. The van der Waals surface area contributed by atoms with Crippen LogP contribution in [0.2, 0.25) is 0 Å².